The van der Waals surface area contributed by atoms with Crippen molar-refractivity contribution in [3.05, 3.63) is 41.8 Å². The molecule has 17 heavy (non-hydrogen) atoms. The lowest BCUT2D eigenvalue weighted by Gasteiger charge is -2.11. The van der Waals surface area contributed by atoms with E-state index in [1.165, 1.54) is 0 Å². The van der Waals surface area contributed by atoms with Crippen molar-refractivity contribution in [2.24, 2.45) is 5.73 Å². The van der Waals surface area contributed by atoms with Crippen LogP contribution >= 0.6 is 0 Å². The molecule has 2 N–H and O–H groups in total. The normalized spacial score (nSPS) is 11.6. The fourth-order valence-corrected chi connectivity index (χ4v) is 1.40. The Hall–Kier alpha value is -1.97. The third-order valence-electron chi connectivity index (χ3n) is 2.09. The molecule has 1 aromatic carbocycles. The van der Waals surface area contributed by atoms with Crippen LogP contribution < -0.4 is 5.73 Å². The second-order valence-electron chi connectivity index (χ2n) is 3.26. The summed E-state index contributed by atoms with van der Waals surface area (Å²) in [6.07, 6.45) is 0. The Balaban J connectivity index is 3.11. The SMILES string of the molecule is CCOC(=O)/C(=C(/N)OCC)c1ccccc1. The van der Waals surface area contributed by atoms with Gasteiger partial charge in [0, 0.05) is 0 Å². The van der Waals surface area contributed by atoms with E-state index in [0.29, 0.717) is 18.8 Å². The van der Waals surface area contributed by atoms with Gasteiger partial charge in [-0.1, -0.05) is 30.3 Å². The highest BCUT2D eigenvalue weighted by molar-refractivity contribution is 6.17. The van der Waals surface area contributed by atoms with E-state index in [-0.39, 0.29) is 11.5 Å². The minimum Gasteiger partial charge on any atom is -0.479 e. The van der Waals surface area contributed by atoms with Gasteiger partial charge in [0.2, 0.25) is 0 Å². The number of hydrogen-bond donors (Lipinski definition) is 1. The van der Waals surface area contributed by atoms with Crippen molar-refractivity contribution in [1.82, 2.24) is 0 Å². The smallest absolute Gasteiger partial charge is 0.344 e. The van der Waals surface area contributed by atoms with Crippen molar-refractivity contribution in [1.29, 1.82) is 0 Å². The van der Waals surface area contributed by atoms with Crippen LogP contribution in [0.15, 0.2) is 36.2 Å². The maximum absolute atomic E-state index is 11.8. The van der Waals surface area contributed by atoms with E-state index in [4.69, 9.17) is 15.2 Å². The number of rotatable bonds is 5. The number of nitrogens with two attached hydrogens (primary N) is 1. The summed E-state index contributed by atoms with van der Waals surface area (Å²) < 4.78 is 10.2. The van der Waals surface area contributed by atoms with Gasteiger partial charge in [-0.3, -0.25) is 0 Å². The van der Waals surface area contributed by atoms with Crippen LogP contribution in [0.4, 0.5) is 0 Å². The highest BCUT2D eigenvalue weighted by Gasteiger charge is 2.18. The zero-order chi connectivity index (χ0) is 12.7. The molecular weight excluding hydrogens is 218 g/mol. The molecule has 0 aromatic heterocycles. The number of benzene rings is 1. The Bertz CT molecular complexity index is 398. The van der Waals surface area contributed by atoms with Gasteiger partial charge in [0.25, 0.3) is 0 Å². The average Bonchev–Trinajstić information content (AvgIpc) is 2.31. The molecular formula is C13H17NO3. The summed E-state index contributed by atoms with van der Waals surface area (Å²) in [5.74, 6) is -0.373. The fourth-order valence-electron chi connectivity index (χ4n) is 1.40. The van der Waals surface area contributed by atoms with Crippen LogP contribution in [-0.2, 0) is 14.3 Å². The lowest BCUT2D eigenvalue weighted by molar-refractivity contribution is -0.136. The van der Waals surface area contributed by atoms with E-state index in [2.05, 4.69) is 0 Å². The van der Waals surface area contributed by atoms with Gasteiger partial charge in [0.1, 0.15) is 5.57 Å². The second kappa shape index (κ2) is 6.58. The molecule has 0 heterocycles. The van der Waals surface area contributed by atoms with E-state index >= 15 is 0 Å². The van der Waals surface area contributed by atoms with Crippen LogP contribution in [0, 0.1) is 0 Å². The van der Waals surface area contributed by atoms with Crippen LogP contribution in [-0.4, -0.2) is 19.2 Å². The molecule has 0 radical (unpaired) electrons. The number of carbonyl (C=O) groups is 1. The minimum atomic E-state index is -0.468. The van der Waals surface area contributed by atoms with E-state index in [9.17, 15) is 4.79 Å². The molecule has 0 saturated carbocycles. The van der Waals surface area contributed by atoms with Gasteiger partial charge in [-0.15, -0.1) is 0 Å². The molecule has 1 aromatic rings. The molecule has 0 aliphatic rings. The monoisotopic (exact) mass is 235 g/mol. The first-order valence-electron chi connectivity index (χ1n) is 5.55. The zero-order valence-corrected chi connectivity index (χ0v) is 10.1. The Morgan fingerprint density at radius 1 is 1.12 bits per heavy atom. The van der Waals surface area contributed by atoms with Crippen molar-refractivity contribution < 1.29 is 14.3 Å². The maximum Gasteiger partial charge on any atom is 0.344 e. The van der Waals surface area contributed by atoms with Gasteiger partial charge in [0.15, 0.2) is 5.88 Å². The summed E-state index contributed by atoms with van der Waals surface area (Å²) in [4.78, 5) is 11.8. The Morgan fingerprint density at radius 2 is 1.71 bits per heavy atom. The molecule has 0 spiro atoms. The van der Waals surface area contributed by atoms with Gasteiger partial charge < -0.3 is 15.2 Å². The molecule has 4 heteroatoms. The summed E-state index contributed by atoms with van der Waals surface area (Å²) in [6.45, 7) is 4.26. The van der Waals surface area contributed by atoms with E-state index in [1.807, 2.05) is 18.2 Å². The third kappa shape index (κ3) is 3.52. The highest BCUT2D eigenvalue weighted by atomic mass is 16.5. The molecule has 0 saturated heterocycles. The predicted octanol–water partition coefficient (Wildman–Crippen LogP) is 1.91. The van der Waals surface area contributed by atoms with Crippen molar-refractivity contribution in [3.63, 3.8) is 0 Å². The van der Waals surface area contributed by atoms with Crippen LogP contribution in [0.25, 0.3) is 5.57 Å². The molecule has 0 bridgehead atoms. The Labute approximate surface area is 101 Å². The van der Waals surface area contributed by atoms with Crippen molar-refractivity contribution in [3.8, 4) is 0 Å². The lowest BCUT2D eigenvalue weighted by atomic mass is 10.1. The average molecular weight is 235 g/mol. The molecule has 0 atom stereocenters. The summed E-state index contributed by atoms with van der Waals surface area (Å²) in [6, 6.07) is 9.10. The van der Waals surface area contributed by atoms with Gasteiger partial charge in [0.05, 0.1) is 13.2 Å². The summed E-state index contributed by atoms with van der Waals surface area (Å²) >= 11 is 0. The fraction of sp³-hybridized carbons (Fsp3) is 0.308. The quantitative estimate of drug-likeness (QED) is 0.481. The minimum absolute atomic E-state index is 0.0946. The standard InChI is InChI=1S/C13H17NO3/c1-3-16-12(14)11(13(15)17-4-2)10-8-6-5-7-9-10/h5-9H,3-4,14H2,1-2H3/b12-11-. The summed E-state index contributed by atoms with van der Waals surface area (Å²) in [7, 11) is 0. The van der Waals surface area contributed by atoms with Gasteiger partial charge >= 0.3 is 5.97 Å². The lowest BCUT2D eigenvalue weighted by Crippen LogP contribution is -2.15. The Kier molecular flexibility index (Phi) is 5.07. The van der Waals surface area contributed by atoms with Crippen LogP contribution in [0.3, 0.4) is 0 Å². The van der Waals surface area contributed by atoms with Crippen LogP contribution in [0.2, 0.25) is 0 Å². The molecule has 0 unspecified atom stereocenters. The van der Waals surface area contributed by atoms with Crippen molar-refractivity contribution in [2.45, 2.75) is 13.8 Å². The number of ether oxygens (including phenoxy) is 2. The van der Waals surface area contributed by atoms with Crippen LogP contribution in [0.5, 0.6) is 0 Å². The number of carbonyl (C=O) groups excluding carboxylic acids is 1. The van der Waals surface area contributed by atoms with Gasteiger partial charge in [-0.05, 0) is 19.4 Å². The molecule has 0 amide bonds. The molecule has 92 valence electrons. The highest BCUT2D eigenvalue weighted by Crippen LogP contribution is 2.18. The van der Waals surface area contributed by atoms with Crippen molar-refractivity contribution >= 4 is 11.5 Å². The molecule has 0 fully saturated rings. The topological polar surface area (TPSA) is 61.5 Å². The van der Waals surface area contributed by atoms with E-state index in [0.717, 1.165) is 0 Å². The predicted molar refractivity (Wildman–Crippen MR) is 65.8 cm³/mol. The summed E-state index contributed by atoms with van der Waals surface area (Å²) in [5, 5.41) is 0. The Morgan fingerprint density at radius 3 is 2.24 bits per heavy atom. The largest absolute Gasteiger partial charge is 0.479 e. The number of hydrogen-bond acceptors (Lipinski definition) is 4. The maximum atomic E-state index is 11.8. The van der Waals surface area contributed by atoms with Gasteiger partial charge in [-0.2, -0.15) is 0 Å². The molecule has 1 rings (SSSR count). The second-order valence-corrected chi connectivity index (χ2v) is 3.26. The molecule has 0 aliphatic heterocycles. The number of esters is 1. The first-order valence-corrected chi connectivity index (χ1v) is 5.55. The molecule has 4 nitrogen and oxygen atoms in total. The third-order valence-corrected chi connectivity index (χ3v) is 2.09. The first-order chi connectivity index (χ1) is 8.20. The van der Waals surface area contributed by atoms with E-state index in [1.54, 1.807) is 26.0 Å². The van der Waals surface area contributed by atoms with Gasteiger partial charge in [-0.25, -0.2) is 4.79 Å². The first kappa shape index (κ1) is 13.1. The van der Waals surface area contributed by atoms with Crippen LogP contribution in [0.1, 0.15) is 19.4 Å². The van der Waals surface area contributed by atoms with Crippen molar-refractivity contribution in [2.75, 3.05) is 13.2 Å². The molecule has 0 aliphatic carbocycles. The summed E-state index contributed by atoms with van der Waals surface area (Å²) in [5.41, 5.74) is 6.71. The zero-order valence-electron chi connectivity index (χ0n) is 10.1. The van der Waals surface area contributed by atoms with E-state index < -0.39 is 5.97 Å².